The van der Waals surface area contributed by atoms with Crippen molar-refractivity contribution >= 4 is 22.6 Å². The summed E-state index contributed by atoms with van der Waals surface area (Å²) in [5.41, 5.74) is 9.65. The second-order valence-corrected chi connectivity index (χ2v) is 6.43. The van der Waals surface area contributed by atoms with Gasteiger partial charge in [0.1, 0.15) is 0 Å². The van der Waals surface area contributed by atoms with Crippen LogP contribution in [-0.2, 0) is 0 Å². The van der Waals surface area contributed by atoms with Crippen molar-refractivity contribution in [3.63, 3.8) is 0 Å². The molecule has 0 aliphatic heterocycles. The highest BCUT2D eigenvalue weighted by Crippen LogP contribution is 2.34. The Hall–Kier alpha value is -0.830. The van der Waals surface area contributed by atoms with E-state index in [1.807, 2.05) is 0 Å². The van der Waals surface area contributed by atoms with Crippen molar-refractivity contribution in [1.29, 1.82) is 0 Å². The fourth-order valence-corrected chi connectivity index (χ4v) is 3.81. The molecule has 0 heterocycles. The molecule has 2 aromatic carbocycles. The number of hydrogen-bond donors (Lipinski definition) is 0. The van der Waals surface area contributed by atoms with E-state index < -0.39 is 0 Å². The number of aryl methyl sites for hydroxylation is 5. The van der Waals surface area contributed by atoms with Gasteiger partial charge in [-0.05, 0) is 103 Å². The van der Waals surface area contributed by atoms with E-state index in [-0.39, 0.29) is 0 Å². The van der Waals surface area contributed by atoms with Crippen molar-refractivity contribution < 1.29 is 0 Å². The van der Waals surface area contributed by atoms with Crippen molar-refractivity contribution in [3.05, 3.63) is 55.7 Å². The van der Waals surface area contributed by atoms with Crippen LogP contribution in [0.2, 0.25) is 0 Å². The van der Waals surface area contributed by atoms with E-state index in [4.69, 9.17) is 0 Å². The SMILES string of the molecule is Cc1cc(C)c(-c2c(C)cc(I)cc2C)c(C)c1. The fourth-order valence-electron chi connectivity index (χ4n) is 2.88. The van der Waals surface area contributed by atoms with Crippen LogP contribution in [0.4, 0.5) is 0 Å². The maximum atomic E-state index is 2.39. The minimum Gasteiger partial charge on any atom is -0.0557 e. The van der Waals surface area contributed by atoms with E-state index in [0.717, 1.165) is 0 Å². The van der Waals surface area contributed by atoms with E-state index in [1.54, 1.807) is 0 Å². The molecule has 0 aromatic heterocycles. The van der Waals surface area contributed by atoms with Crippen LogP contribution in [0, 0.1) is 38.2 Å². The Morgan fingerprint density at radius 1 is 0.611 bits per heavy atom. The second-order valence-electron chi connectivity index (χ2n) is 5.19. The highest BCUT2D eigenvalue weighted by molar-refractivity contribution is 14.1. The molecule has 0 saturated carbocycles. The molecule has 0 saturated heterocycles. The highest BCUT2D eigenvalue weighted by atomic mass is 127. The first-order valence-electron chi connectivity index (χ1n) is 6.25. The summed E-state index contributed by atoms with van der Waals surface area (Å²) >= 11 is 2.39. The zero-order valence-corrected chi connectivity index (χ0v) is 13.8. The predicted molar refractivity (Wildman–Crippen MR) is 88.3 cm³/mol. The van der Waals surface area contributed by atoms with Gasteiger partial charge in [-0.1, -0.05) is 17.7 Å². The lowest BCUT2D eigenvalue weighted by atomic mass is 9.88. The molecule has 2 aromatic rings. The van der Waals surface area contributed by atoms with Gasteiger partial charge >= 0.3 is 0 Å². The third-order valence-corrected chi connectivity index (χ3v) is 4.05. The molecule has 0 bridgehead atoms. The molecule has 0 radical (unpaired) electrons. The van der Waals surface area contributed by atoms with Gasteiger partial charge in [-0.2, -0.15) is 0 Å². The largest absolute Gasteiger partial charge is 0.0557 e. The summed E-state index contributed by atoms with van der Waals surface area (Å²) in [6.07, 6.45) is 0. The van der Waals surface area contributed by atoms with E-state index in [0.29, 0.717) is 0 Å². The van der Waals surface area contributed by atoms with Crippen molar-refractivity contribution in [3.8, 4) is 11.1 Å². The first-order valence-corrected chi connectivity index (χ1v) is 7.33. The molecule has 0 spiro atoms. The Morgan fingerprint density at radius 3 is 1.33 bits per heavy atom. The lowest BCUT2D eigenvalue weighted by Gasteiger charge is -2.17. The molecule has 0 unspecified atom stereocenters. The maximum Gasteiger partial charge on any atom is 0.0136 e. The van der Waals surface area contributed by atoms with Crippen LogP contribution < -0.4 is 0 Å². The Bertz CT molecular complexity index is 507. The van der Waals surface area contributed by atoms with E-state index in [1.165, 1.54) is 42.5 Å². The van der Waals surface area contributed by atoms with E-state index in [2.05, 4.69) is 81.5 Å². The lowest BCUT2D eigenvalue weighted by molar-refractivity contribution is 1.28. The highest BCUT2D eigenvalue weighted by Gasteiger charge is 2.12. The van der Waals surface area contributed by atoms with E-state index in [9.17, 15) is 0 Å². The molecule has 0 N–H and O–H groups in total. The Kier molecular flexibility index (Phi) is 3.81. The summed E-state index contributed by atoms with van der Waals surface area (Å²) in [5.74, 6) is 0. The summed E-state index contributed by atoms with van der Waals surface area (Å²) in [7, 11) is 0. The zero-order valence-electron chi connectivity index (χ0n) is 11.7. The Morgan fingerprint density at radius 2 is 0.944 bits per heavy atom. The van der Waals surface area contributed by atoms with Crippen molar-refractivity contribution in [2.24, 2.45) is 0 Å². The van der Waals surface area contributed by atoms with Gasteiger partial charge in [0.25, 0.3) is 0 Å². The van der Waals surface area contributed by atoms with Gasteiger partial charge in [-0.3, -0.25) is 0 Å². The third-order valence-electron chi connectivity index (χ3n) is 3.42. The number of halogens is 1. The molecule has 94 valence electrons. The molecule has 0 nitrogen and oxygen atoms in total. The molecule has 0 atom stereocenters. The predicted octanol–water partition coefficient (Wildman–Crippen LogP) is 5.50. The normalized spacial score (nSPS) is 10.8. The van der Waals surface area contributed by atoms with Crippen LogP contribution >= 0.6 is 22.6 Å². The molecule has 18 heavy (non-hydrogen) atoms. The van der Waals surface area contributed by atoms with E-state index >= 15 is 0 Å². The molecule has 0 fully saturated rings. The van der Waals surface area contributed by atoms with Crippen LogP contribution in [-0.4, -0.2) is 0 Å². The van der Waals surface area contributed by atoms with Crippen molar-refractivity contribution in [2.45, 2.75) is 34.6 Å². The standard InChI is InChI=1S/C17H19I/c1-10-6-11(2)16(12(3)7-10)17-13(4)8-15(18)9-14(17)5/h6-9H,1-5H3. The minimum atomic E-state index is 1.31. The van der Waals surface area contributed by atoms with Gasteiger partial charge in [0.15, 0.2) is 0 Å². The lowest BCUT2D eigenvalue weighted by Crippen LogP contribution is -1.96. The molecule has 0 amide bonds. The van der Waals surface area contributed by atoms with Crippen LogP contribution in [0.25, 0.3) is 11.1 Å². The third kappa shape index (κ3) is 2.46. The zero-order chi connectivity index (χ0) is 13.4. The first kappa shape index (κ1) is 13.6. The molecule has 2 rings (SSSR count). The van der Waals surface area contributed by atoms with Crippen molar-refractivity contribution in [1.82, 2.24) is 0 Å². The second kappa shape index (κ2) is 5.04. The molecular weight excluding hydrogens is 331 g/mol. The van der Waals surface area contributed by atoms with Crippen LogP contribution in [0.1, 0.15) is 27.8 Å². The van der Waals surface area contributed by atoms with Crippen LogP contribution in [0.15, 0.2) is 24.3 Å². The number of rotatable bonds is 1. The molecule has 0 aliphatic carbocycles. The quantitative estimate of drug-likeness (QED) is 0.596. The maximum absolute atomic E-state index is 2.39. The summed E-state index contributed by atoms with van der Waals surface area (Å²) in [6, 6.07) is 9.08. The fraction of sp³-hybridized carbons (Fsp3) is 0.294. The van der Waals surface area contributed by atoms with Gasteiger partial charge in [0, 0.05) is 3.57 Å². The average molecular weight is 350 g/mol. The Labute approximate surface area is 124 Å². The molecular formula is C17H19I. The first-order chi connectivity index (χ1) is 8.40. The topological polar surface area (TPSA) is 0 Å². The van der Waals surface area contributed by atoms with Crippen LogP contribution in [0.3, 0.4) is 0 Å². The number of benzene rings is 2. The summed E-state index contributed by atoms with van der Waals surface area (Å²) < 4.78 is 1.31. The average Bonchev–Trinajstić information content (AvgIpc) is 2.20. The number of hydrogen-bond acceptors (Lipinski definition) is 0. The van der Waals surface area contributed by atoms with Gasteiger partial charge < -0.3 is 0 Å². The van der Waals surface area contributed by atoms with Crippen molar-refractivity contribution in [2.75, 3.05) is 0 Å². The van der Waals surface area contributed by atoms with Gasteiger partial charge in [-0.25, -0.2) is 0 Å². The monoisotopic (exact) mass is 350 g/mol. The molecule has 0 aliphatic rings. The summed E-state index contributed by atoms with van der Waals surface area (Å²) in [6.45, 7) is 11.0. The Balaban J connectivity index is 2.78. The van der Waals surface area contributed by atoms with Crippen LogP contribution in [0.5, 0.6) is 0 Å². The summed E-state index contributed by atoms with van der Waals surface area (Å²) in [4.78, 5) is 0. The smallest absolute Gasteiger partial charge is 0.0136 e. The van der Waals surface area contributed by atoms with Gasteiger partial charge in [0.05, 0.1) is 0 Å². The van der Waals surface area contributed by atoms with Gasteiger partial charge in [0.2, 0.25) is 0 Å². The minimum absolute atomic E-state index is 1.31. The molecule has 1 heteroatoms. The summed E-state index contributed by atoms with van der Waals surface area (Å²) in [5, 5.41) is 0. The van der Waals surface area contributed by atoms with Gasteiger partial charge in [-0.15, -0.1) is 0 Å².